The minimum atomic E-state index is -0.199. The van der Waals surface area contributed by atoms with Crippen LogP contribution in [0.1, 0.15) is 21.7 Å². The van der Waals surface area contributed by atoms with Crippen LogP contribution in [0.15, 0.2) is 48.7 Å². The van der Waals surface area contributed by atoms with Gasteiger partial charge < -0.3 is 14.6 Å². The molecule has 0 saturated heterocycles. The van der Waals surface area contributed by atoms with Gasteiger partial charge in [-0.05, 0) is 37.9 Å². The molecule has 1 amide bonds. The van der Waals surface area contributed by atoms with Gasteiger partial charge in [-0.15, -0.1) is 0 Å². The molecule has 1 aromatic carbocycles. The van der Waals surface area contributed by atoms with Crippen LogP contribution in [0.25, 0.3) is 5.65 Å². The number of imidazole rings is 1. The third kappa shape index (κ3) is 3.42. The molecule has 0 radical (unpaired) electrons. The van der Waals surface area contributed by atoms with E-state index in [1.54, 1.807) is 0 Å². The summed E-state index contributed by atoms with van der Waals surface area (Å²) in [5.74, 6) is -0.199. The van der Waals surface area contributed by atoms with E-state index in [4.69, 9.17) is 11.6 Å². The van der Waals surface area contributed by atoms with Crippen LogP contribution in [0.4, 0.5) is 0 Å². The second kappa shape index (κ2) is 7.03. The Morgan fingerprint density at radius 2 is 1.96 bits per heavy atom. The van der Waals surface area contributed by atoms with E-state index >= 15 is 0 Å². The van der Waals surface area contributed by atoms with Gasteiger partial charge in [0.15, 0.2) is 5.69 Å². The van der Waals surface area contributed by atoms with Crippen molar-refractivity contribution in [2.24, 2.45) is 0 Å². The Bertz CT molecular complexity index is 872. The van der Waals surface area contributed by atoms with Gasteiger partial charge in [-0.25, -0.2) is 4.98 Å². The van der Waals surface area contributed by atoms with E-state index in [9.17, 15) is 4.79 Å². The van der Waals surface area contributed by atoms with Crippen LogP contribution in [-0.4, -0.2) is 34.3 Å². The molecule has 1 N–H and O–H groups in total. The number of aromatic nitrogens is 2. The van der Waals surface area contributed by atoms with E-state index in [1.807, 2.05) is 72.1 Å². The highest BCUT2D eigenvalue weighted by atomic mass is 35.5. The van der Waals surface area contributed by atoms with Gasteiger partial charge in [0.1, 0.15) is 5.65 Å². The van der Waals surface area contributed by atoms with E-state index in [0.29, 0.717) is 23.8 Å². The zero-order valence-electron chi connectivity index (χ0n) is 13.7. The van der Waals surface area contributed by atoms with Crippen molar-refractivity contribution in [1.82, 2.24) is 19.6 Å². The van der Waals surface area contributed by atoms with Crippen LogP contribution in [0.5, 0.6) is 0 Å². The fourth-order valence-electron chi connectivity index (χ4n) is 2.58. The molecule has 0 aliphatic carbocycles. The number of halogens is 1. The van der Waals surface area contributed by atoms with Gasteiger partial charge in [-0.2, -0.15) is 0 Å². The summed E-state index contributed by atoms with van der Waals surface area (Å²) in [7, 11) is 3.93. The molecule has 24 heavy (non-hydrogen) atoms. The maximum atomic E-state index is 12.7. The summed E-state index contributed by atoms with van der Waals surface area (Å²) < 4.78 is 1.95. The van der Waals surface area contributed by atoms with Gasteiger partial charge in [-0.3, -0.25) is 4.79 Å². The van der Waals surface area contributed by atoms with E-state index < -0.39 is 0 Å². The Kier molecular flexibility index (Phi) is 4.83. The number of rotatable bonds is 5. The lowest BCUT2D eigenvalue weighted by molar-refractivity contribution is 0.0944. The molecule has 0 aliphatic rings. The fraction of sp³-hybridized carbons (Fsp3) is 0.222. The largest absolute Gasteiger partial charge is 0.347 e. The van der Waals surface area contributed by atoms with Crippen molar-refractivity contribution in [3.63, 3.8) is 0 Å². The lowest BCUT2D eigenvalue weighted by Crippen LogP contribution is -2.26. The maximum absolute atomic E-state index is 12.7. The number of hydrogen-bond acceptors (Lipinski definition) is 3. The smallest absolute Gasteiger partial charge is 0.272 e. The van der Waals surface area contributed by atoms with Crippen LogP contribution in [-0.2, 0) is 13.1 Å². The van der Waals surface area contributed by atoms with Crippen LogP contribution >= 0.6 is 11.6 Å². The fourth-order valence-corrected chi connectivity index (χ4v) is 2.78. The predicted molar refractivity (Wildman–Crippen MR) is 95.2 cm³/mol. The second-order valence-electron chi connectivity index (χ2n) is 5.85. The minimum absolute atomic E-state index is 0.199. The Labute approximate surface area is 145 Å². The number of nitrogens with one attached hydrogen (secondary N) is 1. The van der Waals surface area contributed by atoms with Crippen molar-refractivity contribution in [1.29, 1.82) is 0 Å². The maximum Gasteiger partial charge on any atom is 0.272 e. The number of fused-ring (bicyclic) bond motifs is 1. The van der Waals surface area contributed by atoms with Gasteiger partial charge in [0.25, 0.3) is 5.91 Å². The Morgan fingerprint density at radius 3 is 2.71 bits per heavy atom. The zero-order chi connectivity index (χ0) is 17.1. The van der Waals surface area contributed by atoms with Gasteiger partial charge in [0, 0.05) is 24.3 Å². The molecule has 2 heterocycles. The lowest BCUT2D eigenvalue weighted by atomic mass is 10.2. The molecule has 0 aliphatic heterocycles. The SMILES string of the molecule is CN(C)Cc1c(C(=O)NCc2ccccc2Cl)nc2ccccn12. The zero-order valence-corrected chi connectivity index (χ0v) is 14.4. The molecule has 0 unspecified atom stereocenters. The Morgan fingerprint density at radius 1 is 1.21 bits per heavy atom. The molecule has 5 nitrogen and oxygen atoms in total. The number of nitrogens with zero attached hydrogens (tertiary/aromatic N) is 3. The first-order chi connectivity index (χ1) is 11.6. The summed E-state index contributed by atoms with van der Waals surface area (Å²) in [5.41, 5.74) is 2.96. The van der Waals surface area contributed by atoms with Crippen LogP contribution < -0.4 is 5.32 Å². The number of carbonyl (C=O) groups is 1. The van der Waals surface area contributed by atoms with Crippen molar-refractivity contribution in [3.05, 3.63) is 70.6 Å². The lowest BCUT2D eigenvalue weighted by Gasteiger charge is -2.11. The highest BCUT2D eigenvalue weighted by molar-refractivity contribution is 6.31. The van der Waals surface area contributed by atoms with E-state index in [-0.39, 0.29) is 5.91 Å². The molecule has 0 spiro atoms. The van der Waals surface area contributed by atoms with Gasteiger partial charge in [-0.1, -0.05) is 35.9 Å². The van der Waals surface area contributed by atoms with Crippen molar-refractivity contribution in [2.45, 2.75) is 13.1 Å². The standard InChI is InChI=1S/C18H19ClN4O/c1-22(2)12-15-17(21-16-9-5-6-10-23(15)16)18(24)20-11-13-7-3-4-8-14(13)19/h3-10H,11-12H2,1-2H3,(H,20,24). The van der Waals surface area contributed by atoms with Crippen molar-refractivity contribution >= 4 is 23.2 Å². The highest BCUT2D eigenvalue weighted by Gasteiger charge is 2.19. The Hall–Kier alpha value is -2.37. The predicted octanol–water partition coefficient (Wildman–Crippen LogP) is 2.98. The van der Waals surface area contributed by atoms with Crippen LogP contribution in [0.3, 0.4) is 0 Å². The molecule has 0 bridgehead atoms. The second-order valence-corrected chi connectivity index (χ2v) is 6.26. The number of benzene rings is 1. The first-order valence-corrected chi connectivity index (χ1v) is 8.06. The summed E-state index contributed by atoms with van der Waals surface area (Å²) in [4.78, 5) is 19.2. The average Bonchev–Trinajstić information content (AvgIpc) is 2.92. The first-order valence-electron chi connectivity index (χ1n) is 7.68. The van der Waals surface area contributed by atoms with Gasteiger partial charge >= 0.3 is 0 Å². The van der Waals surface area contributed by atoms with E-state index in [0.717, 1.165) is 16.9 Å². The number of amides is 1. The molecular formula is C18H19ClN4O. The highest BCUT2D eigenvalue weighted by Crippen LogP contribution is 2.16. The molecule has 6 heteroatoms. The summed E-state index contributed by atoms with van der Waals surface area (Å²) in [6.07, 6.45) is 1.92. The normalized spacial score (nSPS) is 11.2. The molecule has 3 rings (SSSR count). The average molecular weight is 343 g/mol. The molecule has 0 fully saturated rings. The van der Waals surface area contributed by atoms with Gasteiger partial charge in [0.2, 0.25) is 0 Å². The molecule has 0 atom stereocenters. The summed E-state index contributed by atoms with van der Waals surface area (Å²) in [5, 5.41) is 3.55. The van der Waals surface area contributed by atoms with Gasteiger partial charge in [0.05, 0.1) is 5.69 Å². The third-order valence-corrected chi connectivity index (χ3v) is 4.08. The number of pyridine rings is 1. The summed E-state index contributed by atoms with van der Waals surface area (Å²) in [6.45, 7) is 0.994. The quantitative estimate of drug-likeness (QED) is 0.775. The molecule has 0 saturated carbocycles. The van der Waals surface area contributed by atoms with Crippen LogP contribution in [0.2, 0.25) is 5.02 Å². The first kappa shape index (κ1) is 16.5. The summed E-state index contributed by atoms with van der Waals surface area (Å²) >= 11 is 6.14. The third-order valence-electron chi connectivity index (χ3n) is 3.71. The number of carbonyl (C=O) groups excluding carboxylic acids is 1. The molecule has 3 aromatic rings. The van der Waals surface area contributed by atoms with Crippen molar-refractivity contribution in [3.8, 4) is 0 Å². The molecular weight excluding hydrogens is 324 g/mol. The minimum Gasteiger partial charge on any atom is -0.347 e. The number of hydrogen-bond donors (Lipinski definition) is 1. The molecule has 2 aromatic heterocycles. The van der Waals surface area contributed by atoms with Crippen molar-refractivity contribution in [2.75, 3.05) is 14.1 Å². The van der Waals surface area contributed by atoms with E-state index in [2.05, 4.69) is 10.3 Å². The monoisotopic (exact) mass is 342 g/mol. The van der Waals surface area contributed by atoms with E-state index in [1.165, 1.54) is 0 Å². The molecule has 124 valence electrons. The van der Waals surface area contributed by atoms with Crippen molar-refractivity contribution < 1.29 is 4.79 Å². The Balaban J connectivity index is 1.87. The van der Waals surface area contributed by atoms with Crippen LogP contribution in [0, 0.1) is 0 Å². The topological polar surface area (TPSA) is 49.6 Å². The summed E-state index contributed by atoms with van der Waals surface area (Å²) in [6, 6.07) is 13.2.